The van der Waals surface area contributed by atoms with Gasteiger partial charge in [-0.25, -0.2) is 0 Å². The van der Waals surface area contributed by atoms with Crippen LogP contribution in [-0.4, -0.2) is 123 Å². The molecule has 1 saturated heterocycles. The molecule has 1 rings (SSSR count). The Morgan fingerprint density at radius 2 is 0.841 bits per heavy atom. The van der Waals surface area contributed by atoms with Gasteiger partial charge in [0.15, 0.2) is 6.29 Å². The Morgan fingerprint density at radius 3 is 1.22 bits per heavy atom. The fourth-order valence-corrected chi connectivity index (χ4v) is 10.0. The number of amides is 1. The summed E-state index contributed by atoms with van der Waals surface area (Å²) in [6.45, 7) is 9.55. The largest absolute Gasteiger partial charge is 0.394 e. The van der Waals surface area contributed by atoms with Gasteiger partial charge in [0.1, 0.15) is 30.5 Å². The quantitative estimate of drug-likeness (QED) is 0.0291. The summed E-state index contributed by atoms with van der Waals surface area (Å²) in [6.07, 6.45) is 40.4. The molecular formula is C58H116N2O9. The second kappa shape index (κ2) is 48.1. The number of carbonyl (C=O) groups is 1. The lowest BCUT2D eigenvalue weighted by Gasteiger charge is -2.40. The third-order valence-electron chi connectivity index (χ3n) is 14.8. The molecule has 11 nitrogen and oxygen atoms in total. The number of aliphatic hydroxyl groups excluding tert-OH is 6. The Bertz CT molecular complexity index is 1060. The molecule has 0 saturated carbocycles. The molecule has 11 heteroatoms. The first kappa shape index (κ1) is 66.1. The molecule has 0 bridgehead atoms. The molecule has 1 aliphatic heterocycles. The van der Waals surface area contributed by atoms with Crippen LogP contribution < -0.4 is 5.32 Å². The Hall–Kier alpha value is -0.890. The molecule has 0 aliphatic carbocycles. The van der Waals surface area contributed by atoms with Gasteiger partial charge in [-0.05, 0) is 51.7 Å². The van der Waals surface area contributed by atoms with E-state index in [0.29, 0.717) is 12.8 Å². The predicted molar refractivity (Wildman–Crippen MR) is 286 cm³/mol. The molecule has 1 heterocycles. The van der Waals surface area contributed by atoms with Gasteiger partial charge in [-0.3, -0.25) is 4.79 Å². The minimum atomic E-state index is -1.61. The maximum Gasteiger partial charge on any atom is 0.220 e. The first-order chi connectivity index (χ1) is 33.7. The van der Waals surface area contributed by atoms with Crippen molar-refractivity contribution in [1.29, 1.82) is 0 Å². The molecule has 412 valence electrons. The first-order valence-corrected chi connectivity index (χ1v) is 30.0. The highest BCUT2D eigenvalue weighted by Crippen LogP contribution is 2.23. The maximum atomic E-state index is 13.2. The van der Waals surface area contributed by atoms with Crippen molar-refractivity contribution >= 4 is 5.91 Å². The minimum absolute atomic E-state index is 0.251. The molecular weight excluding hydrogens is 869 g/mol. The minimum Gasteiger partial charge on any atom is -0.394 e. The van der Waals surface area contributed by atoms with Crippen LogP contribution in [0.25, 0.3) is 0 Å². The summed E-state index contributed by atoms with van der Waals surface area (Å²) in [7, 11) is 0. The second-order valence-corrected chi connectivity index (χ2v) is 21.4. The standard InChI is InChI=1S/C58H116N2O9/c1-4-7-10-13-16-19-22-23-24-25-28-33-38-43-51(62)54(64)50(49-68-58-57(67)56(66)55(65)52(48-61)69-58)59-53(63)44-39-34-29-32-37-42-47-60(45-40-35-30-26-20-17-14-11-8-5-2)46-41-36-31-27-21-18-15-12-9-6-3/h50-52,54-58,61-62,64-67H,4-49H2,1-3H3,(H,59,63)/t50-,51+,52+,54-,55-,56-,57+,58-/m0/s1. The fraction of sp³-hybridized carbons (Fsp3) is 0.983. The SMILES string of the molecule is CCCCCCCCCCCCCCC[C@@H](O)[C@@H](O)[C@H](CO[C@H]1O[C@H](CO)[C@H](O)[C@H](O)[C@H]1O)NC(=O)CCCCCCCCN(CCCCCCCCCCCC)CCCCCCCCCCCC. The van der Waals surface area contributed by atoms with Crippen molar-refractivity contribution in [2.24, 2.45) is 0 Å². The van der Waals surface area contributed by atoms with Gasteiger partial charge in [0.25, 0.3) is 0 Å². The van der Waals surface area contributed by atoms with Crippen LogP contribution in [0.4, 0.5) is 0 Å². The molecule has 8 atom stereocenters. The number of nitrogens with one attached hydrogen (secondary N) is 1. The number of hydrogen-bond acceptors (Lipinski definition) is 10. The van der Waals surface area contributed by atoms with Crippen LogP contribution in [0.1, 0.15) is 284 Å². The molecule has 0 unspecified atom stereocenters. The molecule has 0 aromatic heterocycles. The molecule has 7 N–H and O–H groups in total. The van der Waals surface area contributed by atoms with Crippen molar-refractivity contribution in [1.82, 2.24) is 10.2 Å². The monoisotopic (exact) mass is 985 g/mol. The average molecular weight is 986 g/mol. The van der Waals surface area contributed by atoms with Crippen LogP contribution in [0, 0.1) is 0 Å². The zero-order valence-electron chi connectivity index (χ0n) is 45.5. The summed E-state index contributed by atoms with van der Waals surface area (Å²) in [4.78, 5) is 16.0. The van der Waals surface area contributed by atoms with Crippen LogP contribution in [0.5, 0.6) is 0 Å². The van der Waals surface area contributed by atoms with E-state index >= 15 is 0 Å². The van der Waals surface area contributed by atoms with Crippen LogP contribution in [-0.2, 0) is 14.3 Å². The summed E-state index contributed by atoms with van der Waals surface area (Å²) in [6, 6.07) is -0.995. The lowest BCUT2D eigenvalue weighted by atomic mass is 9.98. The zero-order chi connectivity index (χ0) is 50.4. The van der Waals surface area contributed by atoms with Gasteiger partial charge in [-0.2, -0.15) is 0 Å². The highest BCUT2D eigenvalue weighted by atomic mass is 16.7. The number of unbranched alkanes of at least 4 members (excludes halogenated alkanes) is 35. The molecule has 1 amide bonds. The van der Waals surface area contributed by atoms with Gasteiger partial charge in [0.2, 0.25) is 5.91 Å². The number of aliphatic hydroxyl groups is 6. The third-order valence-corrected chi connectivity index (χ3v) is 14.8. The summed E-state index contributed by atoms with van der Waals surface area (Å²) in [5.74, 6) is -0.251. The van der Waals surface area contributed by atoms with Crippen molar-refractivity contribution < 1.29 is 44.9 Å². The van der Waals surface area contributed by atoms with E-state index in [-0.39, 0.29) is 18.9 Å². The third kappa shape index (κ3) is 36.6. The molecule has 1 fully saturated rings. The van der Waals surface area contributed by atoms with E-state index in [1.54, 1.807) is 0 Å². The number of hydrogen-bond donors (Lipinski definition) is 7. The van der Waals surface area contributed by atoms with Crippen LogP contribution in [0.3, 0.4) is 0 Å². The second-order valence-electron chi connectivity index (χ2n) is 21.4. The van der Waals surface area contributed by atoms with Crippen molar-refractivity contribution in [3.8, 4) is 0 Å². The fourth-order valence-electron chi connectivity index (χ4n) is 10.0. The predicted octanol–water partition coefficient (Wildman–Crippen LogP) is 12.4. The van der Waals surface area contributed by atoms with Gasteiger partial charge in [-0.1, -0.05) is 245 Å². The maximum absolute atomic E-state index is 13.2. The summed E-state index contributed by atoms with van der Waals surface area (Å²) in [5, 5.41) is 65.9. The Labute approximate surface area is 425 Å². The number of ether oxygens (including phenoxy) is 2. The summed E-state index contributed by atoms with van der Waals surface area (Å²) < 4.78 is 11.3. The average Bonchev–Trinajstić information content (AvgIpc) is 3.35. The lowest BCUT2D eigenvalue weighted by molar-refractivity contribution is -0.303. The van der Waals surface area contributed by atoms with Gasteiger partial charge < -0.3 is 50.3 Å². The summed E-state index contributed by atoms with van der Waals surface area (Å²) in [5.41, 5.74) is 0. The highest BCUT2D eigenvalue weighted by molar-refractivity contribution is 5.76. The number of nitrogens with zero attached hydrogens (tertiary/aromatic N) is 1. The molecule has 0 aromatic carbocycles. The Morgan fingerprint density at radius 1 is 0.493 bits per heavy atom. The van der Waals surface area contributed by atoms with E-state index < -0.39 is 55.6 Å². The number of rotatable bonds is 52. The van der Waals surface area contributed by atoms with E-state index in [2.05, 4.69) is 31.0 Å². The highest BCUT2D eigenvalue weighted by Gasteiger charge is 2.44. The first-order valence-electron chi connectivity index (χ1n) is 30.0. The van der Waals surface area contributed by atoms with Crippen molar-refractivity contribution in [2.45, 2.75) is 333 Å². The molecule has 0 spiro atoms. The van der Waals surface area contributed by atoms with E-state index in [9.17, 15) is 35.4 Å². The molecule has 1 aliphatic rings. The van der Waals surface area contributed by atoms with Crippen LogP contribution in [0.2, 0.25) is 0 Å². The van der Waals surface area contributed by atoms with Crippen LogP contribution >= 0.6 is 0 Å². The van der Waals surface area contributed by atoms with E-state index in [1.165, 1.54) is 219 Å². The van der Waals surface area contributed by atoms with Crippen molar-refractivity contribution in [3.05, 3.63) is 0 Å². The van der Waals surface area contributed by atoms with Gasteiger partial charge in [0.05, 0.1) is 25.4 Å². The van der Waals surface area contributed by atoms with Gasteiger partial charge >= 0.3 is 0 Å². The van der Waals surface area contributed by atoms with Crippen LogP contribution in [0.15, 0.2) is 0 Å². The topological polar surface area (TPSA) is 172 Å². The van der Waals surface area contributed by atoms with Gasteiger partial charge in [-0.15, -0.1) is 0 Å². The van der Waals surface area contributed by atoms with Crippen molar-refractivity contribution in [3.63, 3.8) is 0 Å². The Balaban J connectivity index is 2.52. The molecule has 0 radical (unpaired) electrons. The van der Waals surface area contributed by atoms with E-state index in [4.69, 9.17) is 9.47 Å². The zero-order valence-corrected chi connectivity index (χ0v) is 45.5. The van der Waals surface area contributed by atoms with Gasteiger partial charge in [0, 0.05) is 6.42 Å². The normalized spacial score (nSPS) is 19.9. The number of carbonyl (C=O) groups excluding carboxylic acids is 1. The van der Waals surface area contributed by atoms with E-state index in [0.717, 1.165) is 44.9 Å². The molecule has 0 aromatic rings. The van der Waals surface area contributed by atoms with Crippen molar-refractivity contribution in [2.75, 3.05) is 32.8 Å². The van der Waals surface area contributed by atoms with E-state index in [1.807, 2.05) is 0 Å². The lowest BCUT2D eigenvalue weighted by Crippen LogP contribution is -2.60. The Kier molecular flexibility index (Phi) is 46.1. The summed E-state index contributed by atoms with van der Waals surface area (Å²) >= 11 is 0. The smallest absolute Gasteiger partial charge is 0.220 e. The molecule has 69 heavy (non-hydrogen) atoms.